The summed E-state index contributed by atoms with van der Waals surface area (Å²) in [6.45, 7) is 5.49. The number of benzene rings is 3. The predicted molar refractivity (Wildman–Crippen MR) is 115 cm³/mol. The minimum absolute atomic E-state index is 0.292. The third-order valence-corrected chi connectivity index (χ3v) is 4.42. The van der Waals surface area contributed by atoms with Crippen molar-refractivity contribution in [1.29, 1.82) is 0 Å². The summed E-state index contributed by atoms with van der Waals surface area (Å²) in [5, 5.41) is 3.28. The number of hydrogen-bond donors (Lipinski definition) is 0. The highest BCUT2D eigenvalue weighted by Gasteiger charge is 2.12. The number of rotatable bonds is 8. The Bertz CT molecular complexity index is 1140. The molecule has 3 aromatic carbocycles. The van der Waals surface area contributed by atoms with E-state index in [-0.39, 0.29) is 0 Å². The van der Waals surface area contributed by atoms with E-state index in [9.17, 15) is 19.2 Å². The summed E-state index contributed by atoms with van der Waals surface area (Å²) in [6, 6.07) is 13.6. The maximum atomic E-state index is 12.2. The Morgan fingerprint density at radius 2 is 1.03 bits per heavy atom. The zero-order chi connectivity index (χ0) is 23.1. The van der Waals surface area contributed by atoms with Crippen LogP contribution in [0.1, 0.15) is 20.7 Å². The van der Waals surface area contributed by atoms with Gasteiger partial charge in [-0.1, -0.05) is 37.4 Å². The lowest BCUT2D eigenvalue weighted by molar-refractivity contribution is -0.147. The van der Waals surface area contributed by atoms with Gasteiger partial charge in [0.1, 0.15) is 0 Å². The van der Waals surface area contributed by atoms with Crippen LogP contribution in [0.4, 0.5) is 0 Å². The Morgan fingerprint density at radius 3 is 1.41 bits per heavy atom. The lowest BCUT2D eigenvalue weighted by Crippen LogP contribution is -2.11. The van der Waals surface area contributed by atoms with Crippen molar-refractivity contribution in [3.8, 4) is 0 Å². The summed E-state index contributed by atoms with van der Waals surface area (Å²) in [4.78, 5) is 46.3. The van der Waals surface area contributed by atoms with Crippen LogP contribution < -0.4 is 0 Å². The summed E-state index contributed by atoms with van der Waals surface area (Å²) in [7, 11) is 0. The molecule has 0 heterocycles. The van der Waals surface area contributed by atoms with Crippen LogP contribution >= 0.6 is 0 Å². The molecule has 3 rings (SSSR count). The first kappa shape index (κ1) is 22.2. The molecule has 0 amide bonds. The third-order valence-electron chi connectivity index (χ3n) is 4.42. The number of fused-ring (bicyclic) bond motifs is 3. The van der Waals surface area contributed by atoms with Crippen molar-refractivity contribution < 1.29 is 38.1 Å². The fourth-order valence-electron chi connectivity index (χ4n) is 2.89. The highest BCUT2D eigenvalue weighted by Crippen LogP contribution is 2.27. The average Bonchev–Trinajstić information content (AvgIpc) is 2.82. The first-order chi connectivity index (χ1) is 15.4. The Hall–Kier alpha value is -4.46. The van der Waals surface area contributed by atoms with Crippen molar-refractivity contribution in [1.82, 2.24) is 0 Å². The monoisotopic (exact) mass is 434 g/mol. The molecule has 0 radical (unpaired) electrons. The molecule has 32 heavy (non-hydrogen) atoms. The molecule has 0 saturated carbocycles. The van der Waals surface area contributed by atoms with Crippen molar-refractivity contribution in [3.63, 3.8) is 0 Å². The van der Waals surface area contributed by atoms with Gasteiger partial charge in [-0.05, 0) is 45.8 Å². The van der Waals surface area contributed by atoms with E-state index < -0.39 is 37.5 Å². The molecule has 3 aromatic rings. The molecule has 8 heteroatoms. The molecule has 0 aliphatic carbocycles. The van der Waals surface area contributed by atoms with Gasteiger partial charge in [0, 0.05) is 12.2 Å². The van der Waals surface area contributed by atoms with Crippen LogP contribution in [0.3, 0.4) is 0 Å². The molecule has 0 aromatic heterocycles. The van der Waals surface area contributed by atoms with Crippen LogP contribution in [0.15, 0.2) is 73.8 Å². The maximum absolute atomic E-state index is 12.2. The number of carbonyl (C=O) groups excluding carboxylic acids is 4. The number of esters is 4. The van der Waals surface area contributed by atoms with Gasteiger partial charge in [0.2, 0.25) is 13.6 Å². The molecule has 162 valence electrons. The number of ether oxygens (including phenoxy) is 4. The molecule has 0 saturated heterocycles. The quantitative estimate of drug-likeness (QED) is 0.229. The van der Waals surface area contributed by atoms with Gasteiger partial charge < -0.3 is 18.9 Å². The van der Waals surface area contributed by atoms with Crippen LogP contribution in [-0.2, 0) is 28.5 Å². The molecule has 0 aliphatic heterocycles. The standard InChI is InChI=1S/C24H18O8/c1-3-21(25)29-13-31-23(27)17-7-9-19-15(11-17)5-6-16-12-18(8-10-20(16)19)24(28)32-14-30-22(26)4-2/h3-12H,1-2,13-14H2. The second kappa shape index (κ2) is 10.0. The van der Waals surface area contributed by atoms with E-state index in [0.717, 1.165) is 33.7 Å². The Balaban J connectivity index is 1.76. The van der Waals surface area contributed by atoms with Crippen LogP contribution in [0.2, 0.25) is 0 Å². The molecular formula is C24H18O8. The fourth-order valence-corrected chi connectivity index (χ4v) is 2.89. The minimum atomic E-state index is -0.691. The van der Waals surface area contributed by atoms with Gasteiger partial charge in [-0.15, -0.1) is 0 Å². The highest BCUT2D eigenvalue weighted by molar-refractivity contribution is 6.10. The van der Waals surface area contributed by atoms with Gasteiger partial charge in [-0.25, -0.2) is 19.2 Å². The van der Waals surface area contributed by atoms with Crippen molar-refractivity contribution in [2.45, 2.75) is 0 Å². The molecule has 0 N–H and O–H groups in total. The van der Waals surface area contributed by atoms with Gasteiger partial charge in [0.05, 0.1) is 11.1 Å². The molecule has 0 aliphatic rings. The van der Waals surface area contributed by atoms with Gasteiger partial charge >= 0.3 is 23.9 Å². The highest BCUT2D eigenvalue weighted by atomic mass is 16.7. The Morgan fingerprint density at radius 1 is 0.625 bits per heavy atom. The van der Waals surface area contributed by atoms with Crippen LogP contribution in [0.25, 0.3) is 21.5 Å². The van der Waals surface area contributed by atoms with Gasteiger partial charge in [0.25, 0.3) is 0 Å². The van der Waals surface area contributed by atoms with Crippen molar-refractivity contribution in [3.05, 3.63) is 85.0 Å². The van der Waals surface area contributed by atoms with E-state index in [4.69, 9.17) is 9.47 Å². The van der Waals surface area contributed by atoms with Gasteiger partial charge in [-0.2, -0.15) is 0 Å². The second-order valence-corrected chi connectivity index (χ2v) is 6.37. The average molecular weight is 434 g/mol. The van der Waals surface area contributed by atoms with E-state index in [1.54, 1.807) is 48.5 Å². The second-order valence-electron chi connectivity index (χ2n) is 6.37. The lowest BCUT2D eigenvalue weighted by atomic mass is 9.98. The number of carbonyl (C=O) groups is 4. The Kier molecular flexibility index (Phi) is 6.97. The maximum Gasteiger partial charge on any atom is 0.341 e. The number of hydrogen-bond acceptors (Lipinski definition) is 8. The summed E-state index contributed by atoms with van der Waals surface area (Å²) in [6.07, 6.45) is 1.94. The largest absolute Gasteiger partial charge is 0.425 e. The first-order valence-corrected chi connectivity index (χ1v) is 9.32. The molecule has 8 nitrogen and oxygen atoms in total. The molecule has 0 bridgehead atoms. The zero-order valence-corrected chi connectivity index (χ0v) is 16.9. The van der Waals surface area contributed by atoms with Gasteiger partial charge in [0.15, 0.2) is 0 Å². The van der Waals surface area contributed by atoms with Crippen molar-refractivity contribution in [2.75, 3.05) is 13.6 Å². The zero-order valence-electron chi connectivity index (χ0n) is 16.9. The summed E-state index contributed by atoms with van der Waals surface area (Å²) in [5.41, 5.74) is 0.585. The summed E-state index contributed by atoms with van der Waals surface area (Å²) < 4.78 is 19.1. The molecular weight excluding hydrogens is 416 g/mol. The lowest BCUT2D eigenvalue weighted by Gasteiger charge is -2.09. The predicted octanol–water partition coefficient (Wildman–Crippen LogP) is 3.68. The van der Waals surface area contributed by atoms with E-state index in [2.05, 4.69) is 22.6 Å². The van der Waals surface area contributed by atoms with E-state index in [1.807, 2.05) is 0 Å². The van der Waals surface area contributed by atoms with Crippen LogP contribution in [-0.4, -0.2) is 37.5 Å². The van der Waals surface area contributed by atoms with Crippen molar-refractivity contribution in [2.24, 2.45) is 0 Å². The van der Waals surface area contributed by atoms with E-state index in [0.29, 0.717) is 11.1 Å². The smallest absolute Gasteiger partial charge is 0.341 e. The summed E-state index contributed by atoms with van der Waals surface area (Å²) >= 11 is 0. The first-order valence-electron chi connectivity index (χ1n) is 9.32. The van der Waals surface area contributed by atoms with Crippen LogP contribution in [0, 0.1) is 0 Å². The van der Waals surface area contributed by atoms with Crippen molar-refractivity contribution >= 4 is 45.4 Å². The normalized spacial score (nSPS) is 10.2. The molecule has 0 unspecified atom stereocenters. The minimum Gasteiger partial charge on any atom is -0.425 e. The van der Waals surface area contributed by atoms with Crippen LogP contribution in [0.5, 0.6) is 0 Å². The SMILES string of the molecule is C=CC(=O)OCOC(=O)c1ccc2c(ccc3cc(C(=O)OCOC(=O)C=C)ccc32)c1. The van der Waals surface area contributed by atoms with Gasteiger partial charge in [-0.3, -0.25) is 0 Å². The molecule has 0 spiro atoms. The van der Waals surface area contributed by atoms with E-state index >= 15 is 0 Å². The molecule has 0 fully saturated rings. The third kappa shape index (κ3) is 5.17. The Labute approximate surface area is 182 Å². The topological polar surface area (TPSA) is 105 Å². The molecule has 0 atom stereocenters. The van der Waals surface area contributed by atoms with E-state index in [1.165, 1.54) is 0 Å². The fraction of sp³-hybridized carbons (Fsp3) is 0.0833. The summed E-state index contributed by atoms with van der Waals surface area (Å²) in [5.74, 6) is -2.66.